The maximum absolute atomic E-state index is 6.12. The van der Waals surface area contributed by atoms with E-state index in [-0.39, 0.29) is 6.10 Å². The van der Waals surface area contributed by atoms with Crippen LogP contribution in [0.3, 0.4) is 0 Å². The molecule has 2 heterocycles. The Hall–Kier alpha value is -0.550. The van der Waals surface area contributed by atoms with Crippen molar-refractivity contribution in [2.75, 3.05) is 6.61 Å². The molecule has 0 amide bonds. The summed E-state index contributed by atoms with van der Waals surface area (Å²) >= 11 is 17.6. The van der Waals surface area contributed by atoms with Crippen molar-refractivity contribution in [3.63, 3.8) is 0 Å². The molecule has 0 bridgehead atoms. The highest BCUT2D eigenvalue weighted by molar-refractivity contribution is 7.71. The summed E-state index contributed by atoms with van der Waals surface area (Å²) in [5.74, 6) is 0. The van der Waals surface area contributed by atoms with E-state index >= 15 is 0 Å². The molecule has 6 heteroatoms. The minimum Gasteiger partial charge on any atom is -0.378 e. The predicted octanol–water partition coefficient (Wildman–Crippen LogP) is 4.75. The Bertz CT molecular complexity index is 679. The highest BCUT2D eigenvalue weighted by Gasteiger charge is 2.23. The molecule has 2 atom stereocenters. The molecule has 0 spiro atoms. The van der Waals surface area contributed by atoms with Gasteiger partial charge in [0.25, 0.3) is 0 Å². The van der Waals surface area contributed by atoms with E-state index in [1.807, 2.05) is 12.1 Å². The number of fused-ring (bicyclic) bond motifs is 1. The molecule has 2 aromatic rings. The molecule has 0 saturated carbocycles. The molecule has 1 N–H and O–H groups in total. The number of imidazole rings is 1. The average molecular weight is 317 g/mol. The summed E-state index contributed by atoms with van der Waals surface area (Å²) in [7, 11) is 0. The Kier molecular flexibility index (Phi) is 3.60. The van der Waals surface area contributed by atoms with E-state index < -0.39 is 0 Å². The fraction of sp³-hybridized carbons (Fsp3) is 0.462. The number of aromatic nitrogens is 2. The zero-order chi connectivity index (χ0) is 13.6. The predicted molar refractivity (Wildman–Crippen MR) is 80.8 cm³/mol. The van der Waals surface area contributed by atoms with Crippen LogP contribution in [0.2, 0.25) is 10.0 Å². The molecule has 102 valence electrons. The SMILES string of the molecule is CC1CC(n2c(=S)[nH]c3cc(Cl)c(Cl)cc32)CCO1. The molecule has 0 aliphatic carbocycles. The summed E-state index contributed by atoms with van der Waals surface area (Å²) < 4.78 is 8.46. The van der Waals surface area contributed by atoms with E-state index in [1.54, 1.807) is 0 Å². The summed E-state index contributed by atoms with van der Waals surface area (Å²) in [6, 6.07) is 4.06. The highest BCUT2D eigenvalue weighted by Crippen LogP contribution is 2.32. The van der Waals surface area contributed by atoms with Crippen LogP contribution in [-0.4, -0.2) is 22.3 Å². The fourth-order valence-corrected chi connectivity index (χ4v) is 3.37. The maximum Gasteiger partial charge on any atom is 0.178 e. The van der Waals surface area contributed by atoms with E-state index in [9.17, 15) is 0 Å². The number of aromatic amines is 1. The Morgan fingerprint density at radius 2 is 2.11 bits per heavy atom. The first-order valence-electron chi connectivity index (χ1n) is 6.27. The van der Waals surface area contributed by atoms with Gasteiger partial charge in [-0.3, -0.25) is 0 Å². The molecule has 1 fully saturated rings. The molecule has 19 heavy (non-hydrogen) atoms. The molecular weight excluding hydrogens is 303 g/mol. The van der Waals surface area contributed by atoms with Gasteiger partial charge in [0.15, 0.2) is 4.77 Å². The van der Waals surface area contributed by atoms with Gasteiger partial charge in [-0.2, -0.15) is 0 Å². The number of halogens is 2. The first kappa shape index (κ1) is 13.4. The summed E-state index contributed by atoms with van der Waals surface area (Å²) in [6.07, 6.45) is 2.18. The van der Waals surface area contributed by atoms with Gasteiger partial charge in [-0.15, -0.1) is 0 Å². The summed E-state index contributed by atoms with van der Waals surface area (Å²) in [6.45, 7) is 2.86. The molecule has 1 aliphatic rings. The smallest absolute Gasteiger partial charge is 0.178 e. The Morgan fingerprint density at radius 3 is 2.84 bits per heavy atom. The zero-order valence-electron chi connectivity index (χ0n) is 10.5. The van der Waals surface area contributed by atoms with Crippen LogP contribution in [-0.2, 0) is 4.74 Å². The molecular formula is C13H14Cl2N2OS. The van der Waals surface area contributed by atoms with Gasteiger partial charge in [0.2, 0.25) is 0 Å². The largest absolute Gasteiger partial charge is 0.378 e. The lowest BCUT2D eigenvalue weighted by atomic mass is 10.0. The maximum atomic E-state index is 6.12. The molecule has 1 aromatic carbocycles. The average Bonchev–Trinajstić information content (AvgIpc) is 2.65. The van der Waals surface area contributed by atoms with Gasteiger partial charge in [-0.05, 0) is 44.1 Å². The van der Waals surface area contributed by atoms with E-state index in [1.165, 1.54) is 0 Å². The van der Waals surface area contributed by atoms with Crippen molar-refractivity contribution in [1.29, 1.82) is 0 Å². The Labute approximate surface area is 126 Å². The van der Waals surface area contributed by atoms with Crippen molar-refractivity contribution >= 4 is 46.5 Å². The summed E-state index contributed by atoms with van der Waals surface area (Å²) in [5.41, 5.74) is 1.94. The Morgan fingerprint density at radius 1 is 1.37 bits per heavy atom. The van der Waals surface area contributed by atoms with Crippen LogP contribution in [0.4, 0.5) is 0 Å². The minimum atomic E-state index is 0.258. The van der Waals surface area contributed by atoms with Gasteiger partial charge in [-0.1, -0.05) is 23.2 Å². The van der Waals surface area contributed by atoms with E-state index in [4.69, 9.17) is 40.2 Å². The number of hydrogen-bond donors (Lipinski definition) is 1. The zero-order valence-corrected chi connectivity index (χ0v) is 12.8. The van der Waals surface area contributed by atoms with Crippen molar-refractivity contribution in [1.82, 2.24) is 9.55 Å². The summed E-state index contributed by atoms with van der Waals surface area (Å²) in [5, 5.41) is 1.09. The minimum absolute atomic E-state index is 0.258. The third kappa shape index (κ3) is 2.42. The molecule has 0 radical (unpaired) electrons. The highest BCUT2D eigenvalue weighted by atomic mass is 35.5. The van der Waals surface area contributed by atoms with Crippen molar-refractivity contribution in [2.45, 2.75) is 31.9 Å². The third-order valence-electron chi connectivity index (χ3n) is 3.58. The number of nitrogens with one attached hydrogen (secondary N) is 1. The van der Waals surface area contributed by atoms with E-state index in [0.717, 1.165) is 30.5 Å². The van der Waals surface area contributed by atoms with Gasteiger partial charge in [0.05, 0.1) is 27.2 Å². The van der Waals surface area contributed by atoms with Crippen LogP contribution in [0.25, 0.3) is 11.0 Å². The second-order valence-electron chi connectivity index (χ2n) is 4.94. The first-order chi connectivity index (χ1) is 9.06. The van der Waals surface area contributed by atoms with E-state index in [0.29, 0.717) is 20.9 Å². The summed E-state index contributed by atoms with van der Waals surface area (Å²) in [4.78, 5) is 3.20. The lowest BCUT2D eigenvalue weighted by Crippen LogP contribution is -2.25. The molecule has 1 aliphatic heterocycles. The second kappa shape index (κ2) is 5.09. The monoisotopic (exact) mass is 316 g/mol. The Balaban J connectivity index is 2.14. The standard InChI is InChI=1S/C13H14Cl2N2OS/c1-7-4-8(2-3-18-7)17-12-6-10(15)9(14)5-11(12)16-13(17)19/h5-8H,2-4H2,1H3,(H,16,19). The van der Waals surface area contributed by atoms with Crippen LogP contribution >= 0.6 is 35.4 Å². The van der Waals surface area contributed by atoms with Crippen LogP contribution in [0.5, 0.6) is 0 Å². The molecule has 1 saturated heterocycles. The van der Waals surface area contributed by atoms with Crippen LogP contribution in [0.1, 0.15) is 25.8 Å². The molecule has 3 nitrogen and oxygen atoms in total. The number of ether oxygens (including phenoxy) is 1. The van der Waals surface area contributed by atoms with Crippen molar-refractivity contribution in [3.8, 4) is 0 Å². The molecule has 1 aromatic heterocycles. The van der Waals surface area contributed by atoms with E-state index in [2.05, 4.69) is 16.5 Å². The number of hydrogen-bond acceptors (Lipinski definition) is 2. The topological polar surface area (TPSA) is 29.9 Å². The fourth-order valence-electron chi connectivity index (χ4n) is 2.69. The lowest BCUT2D eigenvalue weighted by molar-refractivity contribution is 0.00648. The van der Waals surface area contributed by atoms with Gasteiger partial charge in [0, 0.05) is 12.6 Å². The van der Waals surface area contributed by atoms with Crippen LogP contribution in [0.15, 0.2) is 12.1 Å². The quantitative estimate of drug-likeness (QED) is 0.770. The third-order valence-corrected chi connectivity index (χ3v) is 4.60. The van der Waals surface area contributed by atoms with Crippen molar-refractivity contribution in [2.24, 2.45) is 0 Å². The van der Waals surface area contributed by atoms with Gasteiger partial charge < -0.3 is 14.3 Å². The number of benzene rings is 1. The van der Waals surface area contributed by atoms with Crippen LogP contribution < -0.4 is 0 Å². The number of nitrogens with zero attached hydrogens (tertiary/aromatic N) is 1. The van der Waals surface area contributed by atoms with Crippen LogP contribution in [0, 0.1) is 4.77 Å². The molecule has 2 unspecified atom stereocenters. The second-order valence-corrected chi connectivity index (χ2v) is 6.14. The lowest BCUT2D eigenvalue weighted by Gasteiger charge is -2.28. The number of H-pyrrole nitrogens is 1. The van der Waals surface area contributed by atoms with Crippen molar-refractivity contribution < 1.29 is 4.74 Å². The number of rotatable bonds is 1. The van der Waals surface area contributed by atoms with Gasteiger partial charge >= 0.3 is 0 Å². The van der Waals surface area contributed by atoms with Crippen molar-refractivity contribution in [3.05, 3.63) is 26.9 Å². The first-order valence-corrected chi connectivity index (χ1v) is 7.43. The molecule has 3 rings (SSSR count). The van der Waals surface area contributed by atoms with Gasteiger partial charge in [-0.25, -0.2) is 0 Å². The van der Waals surface area contributed by atoms with Gasteiger partial charge in [0.1, 0.15) is 0 Å². The normalized spacial score (nSPS) is 23.9.